The first kappa shape index (κ1) is 15.7. The van der Waals surface area contributed by atoms with Gasteiger partial charge in [-0.2, -0.15) is 5.10 Å². The van der Waals surface area contributed by atoms with Crippen LogP contribution in [-0.2, 0) is 12.8 Å². The fraction of sp³-hybridized carbons (Fsp3) is 0.444. The zero-order chi connectivity index (χ0) is 16.7. The van der Waals surface area contributed by atoms with Gasteiger partial charge in [0.05, 0.1) is 5.69 Å². The van der Waals surface area contributed by atoms with E-state index in [1.165, 1.54) is 31.4 Å². The van der Waals surface area contributed by atoms with Crippen molar-refractivity contribution < 1.29 is 9.18 Å². The Bertz CT molecular complexity index is 796. The molecule has 126 valence electrons. The third-order valence-corrected chi connectivity index (χ3v) is 5.97. The summed E-state index contributed by atoms with van der Waals surface area (Å²) in [7, 11) is 1.82. The fourth-order valence-electron chi connectivity index (χ4n) is 3.69. The molecule has 4 nitrogen and oxygen atoms in total. The average molecular weight is 345 g/mol. The van der Waals surface area contributed by atoms with E-state index in [9.17, 15) is 9.18 Å². The Balaban J connectivity index is 1.67. The predicted molar refractivity (Wildman–Crippen MR) is 92.5 cm³/mol. The Labute approximate surface area is 144 Å². The number of halogens is 1. The maximum Gasteiger partial charge on any atom is 0.272 e. The van der Waals surface area contributed by atoms with Crippen molar-refractivity contribution in [3.05, 3.63) is 35.3 Å². The topological polar surface area (TPSA) is 46.9 Å². The van der Waals surface area contributed by atoms with Crippen molar-refractivity contribution in [2.45, 2.75) is 48.8 Å². The Kier molecular flexibility index (Phi) is 4.08. The van der Waals surface area contributed by atoms with E-state index in [0.29, 0.717) is 11.4 Å². The lowest BCUT2D eigenvalue weighted by atomic mass is 9.95. The summed E-state index contributed by atoms with van der Waals surface area (Å²) in [5.74, 6) is 0.325. The molecule has 1 aromatic heterocycles. The highest BCUT2D eigenvalue weighted by atomic mass is 32.2. The summed E-state index contributed by atoms with van der Waals surface area (Å²) in [5.41, 5.74) is 3.08. The van der Waals surface area contributed by atoms with Crippen LogP contribution in [0, 0.1) is 5.82 Å². The van der Waals surface area contributed by atoms with E-state index in [1.54, 1.807) is 22.5 Å². The van der Waals surface area contributed by atoms with E-state index in [2.05, 4.69) is 10.4 Å². The molecule has 0 bridgehead atoms. The van der Waals surface area contributed by atoms with Crippen molar-refractivity contribution in [2.24, 2.45) is 7.05 Å². The standard InChI is InChI=1S/C18H20FN3OS/c1-22-17-13-9-11(19)7-8-15(13)24-10-14(17)16(21-22)18(23)20-12-5-3-2-4-6-12/h7-9,12H,2-6,10H2,1H3,(H,20,23). The van der Waals surface area contributed by atoms with Crippen molar-refractivity contribution in [1.29, 1.82) is 0 Å². The van der Waals surface area contributed by atoms with Crippen LogP contribution >= 0.6 is 11.8 Å². The lowest BCUT2D eigenvalue weighted by molar-refractivity contribution is 0.0921. The Morgan fingerprint density at radius 2 is 2.12 bits per heavy atom. The molecule has 0 radical (unpaired) electrons. The van der Waals surface area contributed by atoms with Crippen LogP contribution < -0.4 is 5.32 Å². The van der Waals surface area contributed by atoms with Gasteiger partial charge in [0.25, 0.3) is 5.91 Å². The van der Waals surface area contributed by atoms with Gasteiger partial charge in [-0.15, -0.1) is 11.8 Å². The molecule has 1 aliphatic carbocycles. The third-order valence-electron chi connectivity index (χ3n) is 4.87. The van der Waals surface area contributed by atoms with Crippen molar-refractivity contribution >= 4 is 17.7 Å². The fourth-order valence-corrected chi connectivity index (χ4v) is 4.74. The summed E-state index contributed by atoms with van der Waals surface area (Å²) < 4.78 is 15.4. The number of rotatable bonds is 2. The number of aryl methyl sites for hydroxylation is 1. The first-order valence-electron chi connectivity index (χ1n) is 8.43. The molecule has 2 aliphatic rings. The van der Waals surface area contributed by atoms with E-state index in [0.717, 1.165) is 34.6 Å². The number of hydrogen-bond acceptors (Lipinski definition) is 3. The smallest absolute Gasteiger partial charge is 0.272 e. The molecule has 1 saturated carbocycles. The minimum Gasteiger partial charge on any atom is -0.348 e. The van der Waals surface area contributed by atoms with Crippen LogP contribution in [0.4, 0.5) is 4.39 Å². The summed E-state index contributed by atoms with van der Waals surface area (Å²) >= 11 is 1.63. The molecule has 1 N–H and O–H groups in total. The Morgan fingerprint density at radius 3 is 2.92 bits per heavy atom. The molecule has 1 fully saturated rings. The molecule has 0 atom stereocenters. The van der Waals surface area contributed by atoms with Crippen molar-refractivity contribution in [1.82, 2.24) is 15.1 Å². The summed E-state index contributed by atoms with van der Waals surface area (Å²) in [4.78, 5) is 13.7. The summed E-state index contributed by atoms with van der Waals surface area (Å²) in [5, 5.41) is 7.59. The van der Waals surface area contributed by atoms with Gasteiger partial charge in [0.15, 0.2) is 5.69 Å². The molecule has 1 aromatic carbocycles. The van der Waals surface area contributed by atoms with Crippen LogP contribution in [0.15, 0.2) is 23.1 Å². The molecular weight excluding hydrogens is 325 g/mol. The lowest BCUT2D eigenvalue weighted by Gasteiger charge is -2.22. The van der Waals surface area contributed by atoms with Gasteiger partial charge < -0.3 is 5.32 Å². The molecule has 2 heterocycles. The third kappa shape index (κ3) is 2.73. The molecule has 1 amide bonds. The molecule has 0 unspecified atom stereocenters. The minimum absolute atomic E-state index is 0.0980. The van der Waals surface area contributed by atoms with E-state index in [-0.39, 0.29) is 17.8 Å². The van der Waals surface area contributed by atoms with Crippen LogP contribution in [0.25, 0.3) is 11.3 Å². The lowest BCUT2D eigenvalue weighted by Crippen LogP contribution is -2.36. The first-order valence-corrected chi connectivity index (χ1v) is 9.41. The van der Waals surface area contributed by atoms with Crippen LogP contribution in [0.2, 0.25) is 0 Å². The van der Waals surface area contributed by atoms with E-state index in [1.807, 2.05) is 7.05 Å². The highest BCUT2D eigenvalue weighted by Crippen LogP contribution is 2.42. The Morgan fingerprint density at radius 1 is 1.33 bits per heavy atom. The molecule has 1 aliphatic heterocycles. The summed E-state index contributed by atoms with van der Waals surface area (Å²) in [6.07, 6.45) is 5.69. The number of amides is 1. The maximum absolute atomic E-state index is 13.7. The van der Waals surface area contributed by atoms with Crippen LogP contribution in [0.5, 0.6) is 0 Å². The van der Waals surface area contributed by atoms with Gasteiger partial charge in [0, 0.05) is 34.9 Å². The van der Waals surface area contributed by atoms with Gasteiger partial charge in [-0.05, 0) is 31.0 Å². The van der Waals surface area contributed by atoms with Gasteiger partial charge in [-0.1, -0.05) is 19.3 Å². The number of carbonyl (C=O) groups is 1. The van der Waals surface area contributed by atoms with Gasteiger partial charge >= 0.3 is 0 Å². The second-order valence-electron chi connectivity index (χ2n) is 6.54. The monoisotopic (exact) mass is 345 g/mol. The maximum atomic E-state index is 13.7. The molecule has 6 heteroatoms. The molecule has 2 aromatic rings. The molecule has 24 heavy (non-hydrogen) atoms. The number of nitrogens with one attached hydrogen (secondary N) is 1. The first-order chi connectivity index (χ1) is 11.6. The number of fused-ring (bicyclic) bond motifs is 3. The van der Waals surface area contributed by atoms with E-state index < -0.39 is 0 Å². The number of thioether (sulfide) groups is 1. The SMILES string of the molecule is Cn1nc(C(=O)NC2CCCCC2)c2c1-c1cc(F)ccc1SC2. The van der Waals surface area contributed by atoms with Gasteiger partial charge in [-0.25, -0.2) is 4.39 Å². The molecule has 0 spiro atoms. The molecule has 4 rings (SSSR count). The number of nitrogens with zero attached hydrogens (tertiary/aromatic N) is 2. The highest BCUT2D eigenvalue weighted by Gasteiger charge is 2.29. The van der Waals surface area contributed by atoms with Gasteiger partial charge in [-0.3, -0.25) is 9.48 Å². The van der Waals surface area contributed by atoms with Crippen LogP contribution in [0.1, 0.15) is 48.2 Å². The number of carbonyl (C=O) groups excluding carboxylic acids is 1. The van der Waals surface area contributed by atoms with Crippen molar-refractivity contribution in [3.8, 4) is 11.3 Å². The predicted octanol–water partition coefficient (Wildman–Crippen LogP) is 3.89. The average Bonchev–Trinajstić information content (AvgIpc) is 2.93. The van der Waals surface area contributed by atoms with Crippen LogP contribution in [0.3, 0.4) is 0 Å². The largest absolute Gasteiger partial charge is 0.348 e. The van der Waals surface area contributed by atoms with E-state index in [4.69, 9.17) is 0 Å². The zero-order valence-corrected chi connectivity index (χ0v) is 14.5. The quantitative estimate of drug-likeness (QED) is 0.898. The second kappa shape index (κ2) is 6.24. The number of benzene rings is 1. The van der Waals surface area contributed by atoms with Crippen molar-refractivity contribution in [2.75, 3.05) is 0 Å². The molecule has 0 saturated heterocycles. The Hall–Kier alpha value is -1.82. The van der Waals surface area contributed by atoms with Crippen LogP contribution in [-0.4, -0.2) is 21.7 Å². The molecular formula is C18H20FN3OS. The number of aromatic nitrogens is 2. The highest BCUT2D eigenvalue weighted by molar-refractivity contribution is 7.98. The summed E-state index contributed by atoms with van der Waals surface area (Å²) in [6.45, 7) is 0. The number of hydrogen-bond donors (Lipinski definition) is 1. The van der Waals surface area contributed by atoms with Gasteiger partial charge in [0.1, 0.15) is 5.82 Å². The normalized spacial score (nSPS) is 17.2. The van der Waals surface area contributed by atoms with Gasteiger partial charge in [0.2, 0.25) is 0 Å². The summed E-state index contributed by atoms with van der Waals surface area (Å²) in [6, 6.07) is 5.06. The minimum atomic E-state index is -0.267. The van der Waals surface area contributed by atoms with Crippen molar-refractivity contribution in [3.63, 3.8) is 0 Å². The second-order valence-corrected chi connectivity index (χ2v) is 7.55. The zero-order valence-electron chi connectivity index (χ0n) is 13.6. The van der Waals surface area contributed by atoms with E-state index >= 15 is 0 Å².